The first-order valence-corrected chi connectivity index (χ1v) is 6.04. The fourth-order valence-corrected chi connectivity index (χ4v) is 1.65. The second-order valence-electron chi connectivity index (χ2n) is 4.19. The molecule has 0 atom stereocenters. The van der Waals surface area contributed by atoms with Gasteiger partial charge in [0.25, 0.3) is 0 Å². The van der Waals surface area contributed by atoms with Crippen molar-refractivity contribution in [3.05, 3.63) is 28.8 Å². The molecule has 0 fully saturated rings. The van der Waals surface area contributed by atoms with E-state index in [0.29, 0.717) is 21.2 Å². The van der Waals surface area contributed by atoms with Crippen LogP contribution >= 0.6 is 11.6 Å². The summed E-state index contributed by atoms with van der Waals surface area (Å²) >= 11 is 5.87. The number of carbonyl (C=O) groups excluding carboxylic acids is 1. The minimum atomic E-state index is -4.43. The molecule has 0 aliphatic carbocycles. The quantitative estimate of drug-likeness (QED) is 0.877. The average Bonchev–Trinajstić information content (AvgIpc) is 2.35. The second kappa shape index (κ2) is 6.81. The zero-order chi connectivity index (χ0) is 15.3. The van der Waals surface area contributed by atoms with Gasteiger partial charge in [0.2, 0.25) is 5.91 Å². The van der Waals surface area contributed by atoms with Crippen molar-refractivity contribution in [3.8, 4) is 0 Å². The predicted octanol–water partition coefficient (Wildman–Crippen LogP) is 2.26. The summed E-state index contributed by atoms with van der Waals surface area (Å²) in [5.74, 6) is -0.715. The highest BCUT2D eigenvalue weighted by atomic mass is 35.5. The van der Waals surface area contributed by atoms with E-state index in [2.05, 4.69) is 5.32 Å². The minimum Gasteiger partial charge on any atom is -0.392 e. The third-order valence-electron chi connectivity index (χ3n) is 2.49. The lowest BCUT2D eigenvalue weighted by Crippen LogP contribution is -2.38. The molecule has 0 aliphatic heterocycles. The van der Waals surface area contributed by atoms with Crippen LogP contribution in [0.25, 0.3) is 0 Å². The van der Waals surface area contributed by atoms with E-state index in [1.165, 1.54) is 12.1 Å². The summed E-state index contributed by atoms with van der Waals surface area (Å²) in [6, 6.07) is 4.66. The van der Waals surface area contributed by atoms with Gasteiger partial charge in [-0.3, -0.25) is 4.79 Å². The monoisotopic (exact) mass is 310 g/mol. The Morgan fingerprint density at radius 2 is 2.10 bits per heavy atom. The minimum absolute atomic E-state index is 0.201. The van der Waals surface area contributed by atoms with Crippen LogP contribution < -0.4 is 5.32 Å². The van der Waals surface area contributed by atoms with Crippen molar-refractivity contribution >= 4 is 23.2 Å². The molecular weight excluding hydrogens is 297 g/mol. The Morgan fingerprint density at radius 3 is 2.65 bits per heavy atom. The summed E-state index contributed by atoms with van der Waals surface area (Å²) in [5.41, 5.74) is 0.958. The van der Waals surface area contributed by atoms with Crippen molar-refractivity contribution in [1.29, 1.82) is 0 Å². The smallest absolute Gasteiger partial charge is 0.392 e. The second-order valence-corrected chi connectivity index (χ2v) is 4.60. The van der Waals surface area contributed by atoms with Crippen molar-refractivity contribution in [2.24, 2.45) is 0 Å². The van der Waals surface area contributed by atoms with E-state index < -0.39 is 18.6 Å². The number of anilines is 1. The van der Waals surface area contributed by atoms with Crippen LogP contribution in [-0.4, -0.2) is 42.2 Å². The first-order chi connectivity index (χ1) is 9.23. The Bertz CT molecular complexity index is 480. The molecule has 0 aliphatic rings. The van der Waals surface area contributed by atoms with Gasteiger partial charge in [0.1, 0.15) is 6.54 Å². The molecule has 0 saturated heterocycles. The Labute approximate surface area is 119 Å². The molecule has 0 bridgehead atoms. The van der Waals surface area contributed by atoms with E-state index in [1.54, 1.807) is 6.07 Å². The Kier molecular flexibility index (Phi) is 5.64. The third kappa shape index (κ3) is 5.26. The topological polar surface area (TPSA) is 52.6 Å². The molecule has 0 spiro atoms. The zero-order valence-electron chi connectivity index (χ0n) is 10.7. The molecule has 4 nitrogen and oxygen atoms in total. The van der Waals surface area contributed by atoms with Gasteiger partial charge in [-0.1, -0.05) is 17.7 Å². The highest BCUT2D eigenvalue weighted by molar-refractivity contribution is 6.33. The molecule has 0 aromatic heterocycles. The third-order valence-corrected chi connectivity index (χ3v) is 2.82. The maximum atomic E-state index is 12.1. The first kappa shape index (κ1) is 16.6. The number of likely N-dealkylation sites (N-methyl/N-ethyl adjacent to an activating group) is 1. The van der Waals surface area contributed by atoms with Crippen molar-refractivity contribution in [2.45, 2.75) is 12.8 Å². The number of alkyl halides is 3. The highest BCUT2D eigenvalue weighted by Gasteiger charge is 2.31. The van der Waals surface area contributed by atoms with Gasteiger partial charge in [-0.15, -0.1) is 0 Å². The number of aliphatic hydroxyl groups is 1. The standard InChI is InChI=1S/C12H14ClF3N2O2/c1-18(7-12(14,15)16)11(20)5-17-10-4-8(6-19)2-3-9(10)13/h2-4,17,19H,5-7H2,1H3. The summed E-state index contributed by atoms with van der Waals surface area (Å²) in [6.07, 6.45) is -4.43. The van der Waals surface area contributed by atoms with Gasteiger partial charge < -0.3 is 15.3 Å². The van der Waals surface area contributed by atoms with E-state index in [1.807, 2.05) is 0 Å². The number of amides is 1. The Hall–Kier alpha value is -1.47. The molecule has 0 radical (unpaired) electrons. The van der Waals surface area contributed by atoms with Gasteiger partial charge in [-0.05, 0) is 17.7 Å². The molecule has 20 heavy (non-hydrogen) atoms. The number of carbonyl (C=O) groups is 1. The summed E-state index contributed by atoms with van der Waals surface area (Å²) in [5, 5.41) is 11.9. The van der Waals surface area contributed by atoms with Crippen molar-refractivity contribution in [2.75, 3.05) is 25.5 Å². The molecule has 1 aromatic rings. The van der Waals surface area contributed by atoms with E-state index in [4.69, 9.17) is 16.7 Å². The van der Waals surface area contributed by atoms with Crippen LogP contribution in [0.2, 0.25) is 5.02 Å². The van der Waals surface area contributed by atoms with Gasteiger partial charge in [0, 0.05) is 7.05 Å². The number of rotatable bonds is 5. The molecule has 1 amide bonds. The highest BCUT2D eigenvalue weighted by Crippen LogP contribution is 2.23. The largest absolute Gasteiger partial charge is 0.406 e. The lowest BCUT2D eigenvalue weighted by Gasteiger charge is -2.19. The van der Waals surface area contributed by atoms with Crippen molar-refractivity contribution in [3.63, 3.8) is 0 Å². The van der Waals surface area contributed by atoms with E-state index in [9.17, 15) is 18.0 Å². The van der Waals surface area contributed by atoms with Gasteiger partial charge in [-0.25, -0.2) is 0 Å². The van der Waals surface area contributed by atoms with Gasteiger partial charge in [0.05, 0.1) is 23.9 Å². The molecule has 0 saturated carbocycles. The van der Waals surface area contributed by atoms with E-state index in [0.717, 1.165) is 7.05 Å². The number of nitrogens with zero attached hydrogens (tertiary/aromatic N) is 1. The molecule has 8 heteroatoms. The molecule has 2 N–H and O–H groups in total. The van der Waals surface area contributed by atoms with Crippen LogP contribution in [0.3, 0.4) is 0 Å². The number of halogens is 4. The maximum absolute atomic E-state index is 12.1. The van der Waals surface area contributed by atoms with Gasteiger partial charge in [-0.2, -0.15) is 13.2 Å². The summed E-state index contributed by atoms with van der Waals surface area (Å²) in [7, 11) is 1.07. The van der Waals surface area contributed by atoms with Crippen molar-refractivity contribution in [1.82, 2.24) is 4.90 Å². The molecule has 0 heterocycles. The summed E-state index contributed by atoms with van der Waals surface area (Å²) < 4.78 is 36.4. The van der Waals surface area contributed by atoms with Crippen LogP contribution in [0.15, 0.2) is 18.2 Å². The normalized spacial score (nSPS) is 11.3. The fraction of sp³-hybridized carbons (Fsp3) is 0.417. The number of hydrogen-bond donors (Lipinski definition) is 2. The lowest BCUT2D eigenvalue weighted by atomic mass is 10.2. The van der Waals surface area contributed by atoms with Crippen LogP contribution in [0, 0.1) is 0 Å². The van der Waals surface area contributed by atoms with Crippen LogP contribution in [0.5, 0.6) is 0 Å². The first-order valence-electron chi connectivity index (χ1n) is 5.67. The Balaban J connectivity index is 2.61. The molecule has 112 valence electrons. The van der Waals surface area contributed by atoms with Crippen LogP contribution in [-0.2, 0) is 11.4 Å². The van der Waals surface area contributed by atoms with Gasteiger partial charge in [0.15, 0.2) is 0 Å². The SMILES string of the molecule is CN(CC(F)(F)F)C(=O)CNc1cc(CO)ccc1Cl. The Morgan fingerprint density at radius 1 is 1.45 bits per heavy atom. The number of benzene rings is 1. The number of aliphatic hydroxyl groups excluding tert-OH is 1. The molecule has 0 unspecified atom stereocenters. The van der Waals surface area contributed by atoms with Crippen molar-refractivity contribution < 1.29 is 23.1 Å². The molecule has 1 aromatic carbocycles. The molecule has 1 rings (SSSR count). The van der Waals surface area contributed by atoms with E-state index >= 15 is 0 Å². The van der Waals surface area contributed by atoms with Crippen LogP contribution in [0.1, 0.15) is 5.56 Å². The van der Waals surface area contributed by atoms with E-state index in [-0.39, 0.29) is 13.2 Å². The summed E-state index contributed by atoms with van der Waals surface area (Å²) in [4.78, 5) is 12.1. The van der Waals surface area contributed by atoms with Gasteiger partial charge >= 0.3 is 6.18 Å². The number of nitrogens with one attached hydrogen (secondary N) is 1. The predicted molar refractivity (Wildman–Crippen MR) is 69.6 cm³/mol. The van der Waals surface area contributed by atoms with Crippen LogP contribution in [0.4, 0.5) is 18.9 Å². The zero-order valence-corrected chi connectivity index (χ0v) is 11.4. The number of hydrogen-bond acceptors (Lipinski definition) is 3. The average molecular weight is 311 g/mol. The maximum Gasteiger partial charge on any atom is 0.406 e. The lowest BCUT2D eigenvalue weighted by molar-refractivity contribution is -0.157. The fourth-order valence-electron chi connectivity index (χ4n) is 1.47. The molecular formula is C12H14ClF3N2O2. The summed E-state index contributed by atoms with van der Waals surface area (Å²) in [6.45, 7) is -1.83.